The number of amides is 1. The lowest BCUT2D eigenvalue weighted by atomic mass is 10.1. The van der Waals surface area contributed by atoms with E-state index in [-0.39, 0.29) is 12.4 Å². The number of nitrogens with one attached hydrogen (secondary N) is 1. The minimum Gasteiger partial charge on any atom is -0.382 e. The molecule has 0 fully saturated rings. The maximum absolute atomic E-state index is 12.8. The molecule has 0 aromatic heterocycles. The number of ether oxygens (including phenoxy) is 1. The van der Waals surface area contributed by atoms with Crippen LogP contribution in [0.5, 0.6) is 0 Å². The smallest absolute Gasteiger partial charge is 0.275 e. The van der Waals surface area contributed by atoms with Crippen molar-refractivity contribution in [3.63, 3.8) is 0 Å². The van der Waals surface area contributed by atoms with E-state index in [0.717, 1.165) is 0 Å². The molecule has 0 unspecified atom stereocenters. The Bertz CT molecular complexity index is 368. The fourth-order valence-electron chi connectivity index (χ4n) is 1.18. The highest BCUT2D eigenvalue weighted by Gasteiger charge is 2.09. The molecule has 16 heavy (non-hydrogen) atoms. The monoisotopic (exact) mass is 227 g/mol. The zero-order valence-corrected chi connectivity index (χ0v) is 9.25. The van der Waals surface area contributed by atoms with E-state index >= 15 is 0 Å². The van der Waals surface area contributed by atoms with Crippen LogP contribution >= 0.6 is 0 Å². The van der Waals surface area contributed by atoms with Crippen molar-refractivity contribution < 1.29 is 18.8 Å². The van der Waals surface area contributed by atoms with E-state index in [2.05, 4.69) is 5.48 Å². The van der Waals surface area contributed by atoms with Crippen molar-refractivity contribution in [3.8, 4) is 0 Å². The molecule has 0 bridgehead atoms. The van der Waals surface area contributed by atoms with Crippen LogP contribution in [0.2, 0.25) is 0 Å². The summed E-state index contributed by atoms with van der Waals surface area (Å²) in [5.41, 5.74) is 3.20. The molecule has 0 heterocycles. The summed E-state index contributed by atoms with van der Waals surface area (Å²) in [7, 11) is 1.54. The number of hydroxylamine groups is 1. The minimum absolute atomic E-state index is 0.266. The van der Waals surface area contributed by atoms with Gasteiger partial charge >= 0.3 is 0 Å². The van der Waals surface area contributed by atoms with E-state index < -0.39 is 5.91 Å². The number of rotatable bonds is 5. The summed E-state index contributed by atoms with van der Waals surface area (Å²) in [4.78, 5) is 16.4. The third kappa shape index (κ3) is 3.60. The van der Waals surface area contributed by atoms with Crippen molar-refractivity contribution in [2.45, 2.75) is 6.92 Å². The molecule has 0 aliphatic carbocycles. The molecule has 4 nitrogen and oxygen atoms in total. The summed E-state index contributed by atoms with van der Waals surface area (Å²) >= 11 is 0. The zero-order valence-electron chi connectivity index (χ0n) is 9.25. The molecule has 0 radical (unpaired) electrons. The van der Waals surface area contributed by atoms with Crippen LogP contribution in [-0.2, 0) is 9.57 Å². The van der Waals surface area contributed by atoms with Crippen LogP contribution < -0.4 is 5.48 Å². The molecule has 0 spiro atoms. The second-order valence-electron chi connectivity index (χ2n) is 3.23. The average Bonchev–Trinajstić information content (AvgIpc) is 2.24. The largest absolute Gasteiger partial charge is 0.382 e. The number of carbonyl (C=O) groups excluding carboxylic acids is 1. The SMILES string of the molecule is COCCONC(=O)c1ccc(F)cc1C. The molecule has 0 aliphatic heterocycles. The third-order valence-corrected chi connectivity index (χ3v) is 1.99. The first kappa shape index (κ1) is 12.6. The molecule has 1 N–H and O–H groups in total. The lowest BCUT2D eigenvalue weighted by Crippen LogP contribution is -2.26. The maximum atomic E-state index is 12.8. The van der Waals surface area contributed by atoms with Crippen LogP contribution in [-0.4, -0.2) is 26.2 Å². The Labute approximate surface area is 93.3 Å². The predicted molar refractivity (Wildman–Crippen MR) is 56.4 cm³/mol. The molecule has 0 saturated carbocycles. The van der Waals surface area contributed by atoms with Gasteiger partial charge in [0.2, 0.25) is 0 Å². The van der Waals surface area contributed by atoms with Gasteiger partial charge in [0, 0.05) is 12.7 Å². The van der Waals surface area contributed by atoms with Gasteiger partial charge in [0.05, 0.1) is 13.2 Å². The number of carbonyl (C=O) groups is 1. The maximum Gasteiger partial charge on any atom is 0.275 e. The average molecular weight is 227 g/mol. The van der Waals surface area contributed by atoms with Gasteiger partial charge in [-0.25, -0.2) is 9.87 Å². The van der Waals surface area contributed by atoms with E-state index in [1.165, 1.54) is 25.3 Å². The number of halogens is 1. The van der Waals surface area contributed by atoms with E-state index in [1.807, 2.05) is 0 Å². The van der Waals surface area contributed by atoms with Gasteiger partial charge < -0.3 is 4.74 Å². The van der Waals surface area contributed by atoms with Gasteiger partial charge in [-0.15, -0.1) is 0 Å². The van der Waals surface area contributed by atoms with Crippen LogP contribution in [0, 0.1) is 12.7 Å². The summed E-state index contributed by atoms with van der Waals surface area (Å²) in [5, 5.41) is 0. The van der Waals surface area contributed by atoms with Gasteiger partial charge in [0.25, 0.3) is 5.91 Å². The Kier molecular flexibility index (Phi) is 4.88. The third-order valence-electron chi connectivity index (χ3n) is 1.99. The molecule has 0 aliphatic rings. The fraction of sp³-hybridized carbons (Fsp3) is 0.364. The van der Waals surface area contributed by atoms with E-state index in [0.29, 0.717) is 17.7 Å². The molecule has 1 rings (SSSR count). The summed E-state index contributed by atoms with van der Waals surface area (Å²) in [6.07, 6.45) is 0. The first-order chi connectivity index (χ1) is 7.65. The lowest BCUT2D eigenvalue weighted by Gasteiger charge is -2.07. The van der Waals surface area contributed by atoms with Crippen LogP contribution in [0.25, 0.3) is 0 Å². The Morgan fingerprint density at radius 1 is 1.44 bits per heavy atom. The first-order valence-corrected chi connectivity index (χ1v) is 4.82. The number of hydrogen-bond acceptors (Lipinski definition) is 3. The zero-order chi connectivity index (χ0) is 12.0. The van der Waals surface area contributed by atoms with Crippen molar-refractivity contribution in [2.75, 3.05) is 20.3 Å². The number of methoxy groups -OCH3 is 1. The van der Waals surface area contributed by atoms with Gasteiger partial charge in [-0.2, -0.15) is 0 Å². The lowest BCUT2D eigenvalue weighted by molar-refractivity contribution is 0.00884. The quantitative estimate of drug-likeness (QED) is 0.611. The van der Waals surface area contributed by atoms with Gasteiger partial charge in [0.15, 0.2) is 0 Å². The second kappa shape index (κ2) is 6.19. The van der Waals surface area contributed by atoms with E-state index in [1.54, 1.807) is 6.92 Å². The predicted octanol–water partition coefficient (Wildman–Crippen LogP) is 1.44. The number of aryl methyl sites for hydroxylation is 1. The number of benzene rings is 1. The number of hydrogen-bond donors (Lipinski definition) is 1. The highest BCUT2D eigenvalue weighted by molar-refractivity contribution is 5.94. The highest BCUT2D eigenvalue weighted by Crippen LogP contribution is 2.09. The molecule has 1 amide bonds. The van der Waals surface area contributed by atoms with E-state index in [4.69, 9.17) is 9.57 Å². The van der Waals surface area contributed by atoms with Crippen molar-refractivity contribution in [2.24, 2.45) is 0 Å². The molecule has 5 heteroatoms. The molecule has 1 aromatic carbocycles. The first-order valence-electron chi connectivity index (χ1n) is 4.82. The van der Waals surface area contributed by atoms with Gasteiger partial charge in [-0.3, -0.25) is 9.63 Å². The Balaban J connectivity index is 2.53. The molecule has 88 valence electrons. The Hall–Kier alpha value is -1.46. The van der Waals surface area contributed by atoms with Crippen molar-refractivity contribution in [1.82, 2.24) is 5.48 Å². The summed E-state index contributed by atoms with van der Waals surface area (Å²) in [5.74, 6) is -0.761. The van der Waals surface area contributed by atoms with Crippen LogP contribution in [0.3, 0.4) is 0 Å². The fourth-order valence-corrected chi connectivity index (χ4v) is 1.18. The van der Waals surface area contributed by atoms with Crippen molar-refractivity contribution >= 4 is 5.91 Å². The van der Waals surface area contributed by atoms with Crippen LogP contribution in [0.1, 0.15) is 15.9 Å². The van der Waals surface area contributed by atoms with Crippen LogP contribution in [0.4, 0.5) is 4.39 Å². The van der Waals surface area contributed by atoms with Crippen molar-refractivity contribution in [1.29, 1.82) is 0 Å². The van der Waals surface area contributed by atoms with Crippen molar-refractivity contribution in [3.05, 3.63) is 35.1 Å². The van der Waals surface area contributed by atoms with Gasteiger partial charge in [0.1, 0.15) is 5.82 Å². The molecule has 1 aromatic rings. The topological polar surface area (TPSA) is 47.6 Å². The molecular weight excluding hydrogens is 213 g/mol. The second-order valence-corrected chi connectivity index (χ2v) is 3.23. The highest BCUT2D eigenvalue weighted by atomic mass is 19.1. The minimum atomic E-state index is -0.395. The van der Waals surface area contributed by atoms with Gasteiger partial charge in [-0.05, 0) is 30.7 Å². The van der Waals surface area contributed by atoms with E-state index in [9.17, 15) is 9.18 Å². The molecule has 0 saturated heterocycles. The standard InChI is InChI=1S/C11H14FNO3/c1-8-7-9(12)3-4-10(8)11(14)13-16-6-5-15-2/h3-4,7H,5-6H2,1-2H3,(H,13,14). The summed E-state index contributed by atoms with van der Waals surface area (Å²) in [6, 6.07) is 3.95. The van der Waals surface area contributed by atoms with Gasteiger partial charge in [-0.1, -0.05) is 0 Å². The molecule has 0 atom stereocenters. The normalized spacial score (nSPS) is 10.2. The molecular formula is C11H14FNO3. The summed E-state index contributed by atoms with van der Waals surface area (Å²) < 4.78 is 17.5. The summed E-state index contributed by atoms with van der Waals surface area (Å²) in [6.45, 7) is 2.32. The Morgan fingerprint density at radius 3 is 2.81 bits per heavy atom. The Morgan fingerprint density at radius 2 is 2.19 bits per heavy atom. The van der Waals surface area contributed by atoms with Crippen LogP contribution in [0.15, 0.2) is 18.2 Å².